The number of thioether (sulfide) groups is 2. The number of carboxylic acids is 1. The van der Waals surface area contributed by atoms with Crippen molar-refractivity contribution in [3.05, 3.63) is 33.2 Å². The number of nitrogens with zero attached hydrogens (tertiary/aromatic N) is 5. The highest BCUT2D eigenvalue weighted by Gasteiger charge is 2.54. The third-order valence-corrected chi connectivity index (χ3v) is 8.90. The maximum Gasteiger partial charge on any atom is 0.407 e. The number of carboxylic acid groups (broad SMARTS) is 1. The molecule has 38 heavy (non-hydrogen) atoms. The van der Waals surface area contributed by atoms with Crippen LogP contribution in [0.2, 0.25) is 0 Å². The molecular weight excluding hydrogens is 554 g/mol. The molecule has 2 atom stereocenters. The molecule has 0 bridgehead atoms. The third kappa shape index (κ3) is 6.47. The van der Waals surface area contributed by atoms with Crippen molar-refractivity contribution in [2.24, 2.45) is 7.05 Å². The van der Waals surface area contributed by atoms with Crippen LogP contribution in [0.4, 0.5) is 4.79 Å². The highest BCUT2D eigenvalue weighted by atomic mass is 32.2. The first-order valence-corrected chi connectivity index (χ1v) is 14.4. The zero-order chi connectivity index (χ0) is 27.6. The number of alkyl carbamates (subject to hydrolysis) is 1. The maximum atomic E-state index is 12.9. The summed E-state index contributed by atoms with van der Waals surface area (Å²) in [6, 6.07) is 2.81. The number of tetrazole rings is 1. The van der Waals surface area contributed by atoms with Crippen LogP contribution in [-0.2, 0) is 39.1 Å². The first-order chi connectivity index (χ1) is 17.9. The Labute approximate surface area is 230 Å². The van der Waals surface area contributed by atoms with Crippen molar-refractivity contribution >= 4 is 58.7 Å². The number of nitrogens with one attached hydrogen (secondary N) is 2. The van der Waals surface area contributed by atoms with Crippen molar-refractivity contribution in [3.8, 4) is 0 Å². The first kappa shape index (κ1) is 27.9. The average Bonchev–Trinajstić information content (AvgIpc) is 3.46. The van der Waals surface area contributed by atoms with Crippen molar-refractivity contribution in [1.29, 1.82) is 0 Å². The van der Waals surface area contributed by atoms with E-state index in [2.05, 4.69) is 26.2 Å². The second-order valence-electron chi connectivity index (χ2n) is 9.49. The van der Waals surface area contributed by atoms with E-state index in [4.69, 9.17) is 4.74 Å². The quantitative estimate of drug-likeness (QED) is 0.289. The van der Waals surface area contributed by atoms with Gasteiger partial charge in [0.05, 0.1) is 13.0 Å². The second kappa shape index (κ2) is 11.3. The second-order valence-corrected chi connectivity index (χ2v) is 12.8. The van der Waals surface area contributed by atoms with Gasteiger partial charge in [-0.05, 0) is 48.9 Å². The number of fused-ring (bicyclic) bond motifs is 1. The van der Waals surface area contributed by atoms with Gasteiger partial charge in [-0.2, -0.15) is 0 Å². The molecule has 4 rings (SSSR count). The van der Waals surface area contributed by atoms with Gasteiger partial charge in [0.2, 0.25) is 11.1 Å². The fraction of sp³-hybridized carbons (Fsp3) is 0.500. The van der Waals surface area contributed by atoms with Crippen molar-refractivity contribution in [2.45, 2.75) is 55.9 Å². The maximum absolute atomic E-state index is 12.9. The minimum absolute atomic E-state index is 0.0488. The SMILES string of the molecule is Cn1nnnc1SCC1=C(C(=O)O)N2C(=O)[C@@H](NC(=O)Cc3ccc(CNC(=O)OC(C)(C)C)s3)[C@H]2SC1. The Morgan fingerprint density at radius 1 is 1.26 bits per heavy atom. The van der Waals surface area contributed by atoms with Crippen LogP contribution in [-0.4, -0.2) is 82.6 Å². The normalized spacial score (nSPS) is 19.1. The van der Waals surface area contributed by atoms with Gasteiger partial charge < -0.3 is 20.5 Å². The fourth-order valence-electron chi connectivity index (χ4n) is 3.76. The Hall–Kier alpha value is -3.11. The lowest BCUT2D eigenvalue weighted by Crippen LogP contribution is -2.70. The minimum atomic E-state index is -1.19. The lowest BCUT2D eigenvalue weighted by molar-refractivity contribution is -0.150. The topological polar surface area (TPSA) is 169 Å². The van der Waals surface area contributed by atoms with E-state index in [0.717, 1.165) is 9.75 Å². The summed E-state index contributed by atoms with van der Waals surface area (Å²) in [6.45, 7) is 5.61. The van der Waals surface area contributed by atoms with Gasteiger partial charge in [0.15, 0.2) is 0 Å². The summed E-state index contributed by atoms with van der Waals surface area (Å²) in [4.78, 5) is 52.3. The fourth-order valence-corrected chi connectivity index (χ4v) is 7.05. The smallest absolute Gasteiger partial charge is 0.407 e. The van der Waals surface area contributed by atoms with E-state index in [1.807, 2.05) is 6.07 Å². The molecule has 13 nitrogen and oxygen atoms in total. The molecule has 0 spiro atoms. The van der Waals surface area contributed by atoms with E-state index in [-0.39, 0.29) is 24.6 Å². The number of aliphatic carboxylic acids is 1. The molecule has 0 aliphatic carbocycles. The molecular formula is C22H27N7O6S3. The molecule has 204 valence electrons. The molecule has 1 fully saturated rings. The minimum Gasteiger partial charge on any atom is -0.477 e. The number of carbonyl (C=O) groups is 4. The van der Waals surface area contributed by atoms with Crippen LogP contribution >= 0.6 is 34.9 Å². The Balaban J connectivity index is 1.31. The summed E-state index contributed by atoms with van der Waals surface area (Å²) in [5, 5.41) is 26.5. The molecule has 0 saturated carbocycles. The summed E-state index contributed by atoms with van der Waals surface area (Å²) in [7, 11) is 1.69. The van der Waals surface area contributed by atoms with Gasteiger partial charge >= 0.3 is 12.1 Å². The predicted molar refractivity (Wildman–Crippen MR) is 140 cm³/mol. The van der Waals surface area contributed by atoms with Gasteiger partial charge in [-0.25, -0.2) is 14.3 Å². The van der Waals surface area contributed by atoms with Crippen molar-refractivity contribution in [1.82, 2.24) is 35.7 Å². The van der Waals surface area contributed by atoms with E-state index >= 15 is 0 Å². The number of hydrogen-bond donors (Lipinski definition) is 3. The summed E-state index contributed by atoms with van der Waals surface area (Å²) >= 11 is 4.07. The third-order valence-electron chi connectivity index (χ3n) is 5.38. The summed E-state index contributed by atoms with van der Waals surface area (Å²) in [6.07, 6.45) is -0.460. The zero-order valence-corrected chi connectivity index (χ0v) is 23.5. The van der Waals surface area contributed by atoms with E-state index in [0.29, 0.717) is 22.2 Å². The van der Waals surface area contributed by atoms with Crippen LogP contribution in [0.25, 0.3) is 0 Å². The number of aromatic nitrogens is 4. The van der Waals surface area contributed by atoms with Crippen LogP contribution < -0.4 is 10.6 Å². The van der Waals surface area contributed by atoms with Crippen LogP contribution in [0.3, 0.4) is 0 Å². The van der Waals surface area contributed by atoms with E-state index < -0.39 is 35.0 Å². The lowest BCUT2D eigenvalue weighted by Gasteiger charge is -2.49. The highest BCUT2D eigenvalue weighted by molar-refractivity contribution is 8.01. The standard InChI is InChI=1S/C22H27N7O6S3/c1-22(2,3)35-21(34)23-8-13-6-5-12(38-13)7-14(30)24-15-17(31)29-16(19(32)33)11(9-36-18(15)29)10-37-20-25-26-27-28(20)4/h5-6,15,18H,7-10H2,1-4H3,(H,23,34)(H,24,30)(H,32,33)/t15-,18-/m1/s1. The Kier molecular flexibility index (Phi) is 8.32. The van der Waals surface area contributed by atoms with Crippen molar-refractivity contribution < 1.29 is 29.0 Å². The predicted octanol–water partition coefficient (Wildman–Crippen LogP) is 1.37. The van der Waals surface area contributed by atoms with Crippen LogP contribution in [0.1, 0.15) is 30.5 Å². The zero-order valence-electron chi connectivity index (χ0n) is 21.1. The number of hydrogen-bond acceptors (Lipinski definition) is 11. The number of ether oxygens (including phenoxy) is 1. The molecule has 2 aliphatic heterocycles. The molecule has 3 amide bonds. The Morgan fingerprint density at radius 2 is 2.00 bits per heavy atom. The number of amides is 3. The average molecular weight is 582 g/mol. The molecule has 2 aromatic rings. The summed E-state index contributed by atoms with van der Waals surface area (Å²) in [5.74, 6) is -1.26. The number of β-lactam (4-membered cyclic amide) rings is 1. The molecule has 4 heterocycles. The molecule has 1 saturated heterocycles. The van der Waals surface area contributed by atoms with Crippen molar-refractivity contribution in [2.75, 3.05) is 11.5 Å². The van der Waals surface area contributed by atoms with Crippen LogP contribution in [0.15, 0.2) is 28.6 Å². The molecule has 0 radical (unpaired) electrons. The monoisotopic (exact) mass is 581 g/mol. The number of aryl methyl sites for hydroxylation is 1. The van der Waals surface area contributed by atoms with Crippen LogP contribution in [0.5, 0.6) is 0 Å². The molecule has 16 heteroatoms. The first-order valence-electron chi connectivity index (χ1n) is 11.5. The Bertz CT molecular complexity index is 1280. The molecule has 3 N–H and O–H groups in total. The number of rotatable bonds is 9. The Morgan fingerprint density at radius 3 is 2.66 bits per heavy atom. The number of carbonyl (C=O) groups excluding carboxylic acids is 3. The van der Waals surface area contributed by atoms with E-state index in [1.165, 1.54) is 44.4 Å². The lowest BCUT2D eigenvalue weighted by atomic mass is 10.0. The van der Waals surface area contributed by atoms with Gasteiger partial charge in [0.1, 0.15) is 22.7 Å². The van der Waals surface area contributed by atoms with Gasteiger partial charge in [0, 0.05) is 28.3 Å². The van der Waals surface area contributed by atoms with E-state index in [9.17, 15) is 24.3 Å². The van der Waals surface area contributed by atoms with Gasteiger partial charge in [-0.15, -0.1) is 28.2 Å². The molecule has 0 aromatic carbocycles. The van der Waals surface area contributed by atoms with Gasteiger partial charge in [0.25, 0.3) is 5.91 Å². The number of thiophene rings is 1. The van der Waals surface area contributed by atoms with E-state index in [1.54, 1.807) is 33.9 Å². The van der Waals surface area contributed by atoms with Gasteiger partial charge in [-0.3, -0.25) is 14.5 Å². The summed E-state index contributed by atoms with van der Waals surface area (Å²) in [5.41, 5.74) is -0.0482. The van der Waals surface area contributed by atoms with Crippen molar-refractivity contribution in [3.63, 3.8) is 0 Å². The van der Waals surface area contributed by atoms with Crippen LogP contribution in [0, 0.1) is 0 Å². The summed E-state index contributed by atoms with van der Waals surface area (Å²) < 4.78 is 6.70. The molecule has 2 aliphatic rings. The highest BCUT2D eigenvalue weighted by Crippen LogP contribution is 2.41. The van der Waals surface area contributed by atoms with Gasteiger partial charge in [-0.1, -0.05) is 11.8 Å². The molecule has 2 aromatic heterocycles. The molecule has 0 unspecified atom stereocenters. The largest absolute Gasteiger partial charge is 0.477 e.